The SMILES string of the molecule is [O-]C(=Cc1nnnn1-c1ccccc1)c1cccc(C(O)=Cc2nnnn2-c2ccccc2)c1. The highest BCUT2D eigenvalue weighted by atomic mass is 16.3. The van der Waals surface area contributed by atoms with Crippen LogP contribution in [0.5, 0.6) is 0 Å². The maximum absolute atomic E-state index is 12.9. The second-order valence-electron chi connectivity index (χ2n) is 7.19. The van der Waals surface area contributed by atoms with Crippen LogP contribution in [0.4, 0.5) is 0 Å². The summed E-state index contributed by atoms with van der Waals surface area (Å²) in [7, 11) is 0. The van der Waals surface area contributed by atoms with Crippen molar-refractivity contribution in [3.8, 4) is 11.4 Å². The third-order valence-electron chi connectivity index (χ3n) is 4.96. The van der Waals surface area contributed by atoms with E-state index in [1.807, 2.05) is 60.7 Å². The van der Waals surface area contributed by atoms with E-state index in [1.165, 1.54) is 21.5 Å². The molecule has 0 radical (unpaired) electrons. The standard InChI is InChI=1S/C24H18N8O2/c33-21(15-23-25-27-29-31(23)19-10-3-1-4-11-19)17-8-7-9-18(14-17)22(34)16-24-26-28-30-32(24)20-12-5-2-6-13-20/h1-16,33-34H/p-1. The Labute approximate surface area is 193 Å². The average molecular weight is 449 g/mol. The van der Waals surface area contributed by atoms with Crippen LogP contribution in [0.1, 0.15) is 22.8 Å². The Morgan fingerprint density at radius 3 is 1.79 bits per heavy atom. The Hall–Kier alpha value is -5.12. The summed E-state index contributed by atoms with van der Waals surface area (Å²) in [5.41, 5.74) is 2.28. The van der Waals surface area contributed by atoms with Gasteiger partial charge in [-0.05, 0) is 62.8 Å². The van der Waals surface area contributed by atoms with Crippen LogP contribution in [0.25, 0.3) is 35.0 Å². The lowest BCUT2D eigenvalue weighted by atomic mass is 10.1. The van der Waals surface area contributed by atoms with Gasteiger partial charge in [-0.15, -0.1) is 10.2 Å². The molecule has 10 heteroatoms. The van der Waals surface area contributed by atoms with Gasteiger partial charge in [-0.3, -0.25) is 0 Å². The first-order valence-electron chi connectivity index (χ1n) is 10.3. The molecule has 1 N–H and O–H groups in total. The van der Waals surface area contributed by atoms with E-state index in [-0.39, 0.29) is 11.5 Å². The van der Waals surface area contributed by atoms with E-state index >= 15 is 0 Å². The highest BCUT2D eigenvalue weighted by molar-refractivity contribution is 5.79. The molecule has 2 aromatic heterocycles. The number of para-hydroxylation sites is 2. The minimum atomic E-state index is -0.309. The number of aromatic nitrogens is 8. The zero-order valence-corrected chi connectivity index (χ0v) is 17.7. The van der Waals surface area contributed by atoms with Gasteiger partial charge in [0.05, 0.1) is 11.4 Å². The minimum Gasteiger partial charge on any atom is -0.872 e. The Balaban J connectivity index is 1.44. The van der Waals surface area contributed by atoms with Crippen LogP contribution < -0.4 is 5.11 Å². The molecular formula is C24H17N8O2-. The van der Waals surface area contributed by atoms with Crippen molar-refractivity contribution in [2.24, 2.45) is 0 Å². The minimum absolute atomic E-state index is 0.0873. The maximum Gasteiger partial charge on any atom is 0.183 e. The van der Waals surface area contributed by atoms with Crippen molar-refractivity contribution in [2.45, 2.75) is 0 Å². The molecule has 0 spiro atoms. The van der Waals surface area contributed by atoms with Crippen LogP contribution in [0, 0.1) is 0 Å². The van der Waals surface area contributed by atoms with Crippen LogP contribution in [0.2, 0.25) is 0 Å². The van der Waals surface area contributed by atoms with Gasteiger partial charge < -0.3 is 10.2 Å². The van der Waals surface area contributed by atoms with Crippen LogP contribution in [0.15, 0.2) is 84.9 Å². The first kappa shape index (κ1) is 20.8. The predicted octanol–water partition coefficient (Wildman–Crippen LogP) is 2.55. The van der Waals surface area contributed by atoms with E-state index < -0.39 is 0 Å². The topological polar surface area (TPSA) is 130 Å². The van der Waals surface area contributed by atoms with Gasteiger partial charge in [0.2, 0.25) is 0 Å². The zero-order valence-electron chi connectivity index (χ0n) is 17.7. The molecule has 3 aromatic carbocycles. The highest BCUT2D eigenvalue weighted by Gasteiger charge is 2.09. The molecule has 5 aromatic rings. The lowest BCUT2D eigenvalue weighted by Crippen LogP contribution is -2.05. The lowest BCUT2D eigenvalue weighted by Gasteiger charge is -2.13. The summed E-state index contributed by atoms with van der Waals surface area (Å²) in [6, 6.07) is 25.2. The van der Waals surface area contributed by atoms with E-state index in [9.17, 15) is 10.2 Å². The summed E-state index contributed by atoms with van der Waals surface area (Å²) in [5.74, 6) is 0.240. The Bertz CT molecular complexity index is 1360. The number of rotatable bonds is 6. The second-order valence-corrected chi connectivity index (χ2v) is 7.19. The fraction of sp³-hybridized carbons (Fsp3) is 0. The number of tetrazole rings is 2. The van der Waals surface area contributed by atoms with Crippen LogP contribution >= 0.6 is 0 Å². The van der Waals surface area contributed by atoms with E-state index in [0.717, 1.165) is 11.4 Å². The van der Waals surface area contributed by atoms with Crippen LogP contribution in [-0.2, 0) is 0 Å². The van der Waals surface area contributed by atoms with Crippen molar-refractivity contribution in [1.29, 1.82) is 0 Å². The Morgan fingerprint density at radius 1 is 0.676 bits per heavy atom. The van der Waals surface area contributed by atoms with E-state index in [0.29, 0.717) is 22.8 Å². The molecule has 166 valence electrons. The van der Waals surface area contributed by atoms with Gasteiger partial charge >= 0.3 is 0 Å². The summed E-state index contributed by atoms with van der Waals surface area (Å²) in [4.78, 5) is 0. The first-order chi connectivity index (χ1) is 16.7. The molecule has 0 atom stereocenters. The van der Waals surface area contributed by atoms with E-state index in [2.05, 4.69) is 31.1 Å². The third kappa shape index (κ3) is 4.28. The molecule has 34 heavy (non-hydrogen) atoms. The van der Waals surface area contributed by atoms with Gasteiger partial charge in [-0.1, -0.05) is 60.4 Å². The molecule has 0 aliphatic carbocycles. The van der Waals surface area contributed by atoms with Gasteiger partial charge in [0.1, 0.15) is 5.76 Å². The molecule has 10 nitrogen and oxygen atoms in total. The van der Waals surface area contributed by atoms with E-state index in [4.69, 9.17) is 0 Å². The van der Waals surface area contributed by atoms with Crippen molar-refractivity contribution in [1.82, 2.24) is 40.4 Å². The van der Waals surface area contributed by atoms with Crippen molar-refractivity contribution in [3.63, 3.8) is 0 Å². The molecule has 0 fully saturated rings. The number of benzene rings is 3. The van der Waals surface area contributed by atoms with Crippen molar-refractivity contribution >= 4 is 23.7 Å². The molecule has 0 unspecified atom stereocenters. The molecule has 0 saturated carbocycles. The molecule has 0 aliphatic rings. The van der Waals surface area contributed by atoms with Gasteiger partial charge in [0, 0.05) is 11.6 Å². The molecule has 5 rings (SSSR count). The van der Waals surface area contributed by atoms with Gasteiger partial charge in [0.15, 0.2) is 11.6 Å². The summed E-state index contributed by atoms with van der Waals surface area (Å²) < 4.78 is 2.98. The molecule has 0 saturated heterocycles. The summed E-state index contributed by atoms with van der Waals surface area (Å²) in [6.45, 7) is 0. The number of aliphatic hydroxyl groups is 1. The largest absolute Gasteiger partial charge is 0.872 e. The highest BCUT2D eigenvalue weighted by Crippen LogP contribution is 2.21. The monoisotopic (exact) mass is 449 g/mol. The molecule has 2 heterocycles. The second kappa shape index (κ2) is 9.17. The Kier molecular flexibility index (Phi) is 5.60. The van der Waals surface area contributed by atoms with Gasteiger partial charge in [-0.25, -0.2) is 0 Å². The lowest BCUT2D eigenvalue weighted by molar-refractivity contribution is -0.242. The zero-order chi connectivity index (χ0) is 23.3. The van der Waals surface area contributed by atoms with E-state index in [1.54, 1.807) is 24.3 Å². The normalized spacial score (nSPS) is 12.1. The predicted molar refractivity (Wildman–Crippen MR) is 123 cm³/mol. The van der Waals surface area contributed by atoms with Gasteiger partial charge in [0.25, 0.3) is 0 Å². The van der Waals surface area contributed by atoms with Gasteiger partial charge in [-0.2, -0.15) is 9.36 Å². The number of hydrogen-bond acceptors (Lipinski definition) is 8. The quantitative estimate of drug-likeness (QED) is 0.391. The summed E-state index contributed by atoms with van der Waals surface area (Å²) >= 11 is 0. The number of nitrogens with zero attached hydrogens (tertiary/aromatic N) is 8. The van der Waals surface area contributed by atoms with Crippen molar-refractivity contribution in [2.75, 3.05) is 0 Å². The van der Waals surface area contributed by atoms with Crippen molar-refractivity contribution < 1.29 is 10.2 Å². The fourth-order valence-corrected chi connectivity index (χ4v) is 3.31. The fourth-order valence-electron chi connectivity index (χ4n) is 3.31. The third-order valence-corrected chi connectivity index (χ3v) is 4.96. The average Bonchev–Trinajstić information content (AvgIpc) is 3.55. The molecule has 0 aliphatic heterocycles. The van der Waals surface area contributed by atoms with Crippen molar-refractivity contribution in [3.05, 3.63) is 108 Å². The van der Waals surface area contributed by atoms with Crippen LogP contribution in [-0.4, -0.2) is 45.5 Å². The maximum atomic E-state index is 12.9. The number of aliphatic hydroxyl groups excluding tert-OH is 1. The first-order valence-corrected chi connectivity index (χ1v) is 10.3. The molecule has 0 bridgehead atoms. The van der Waals surface area contributed by atoms with Crippen LogP contribution in [0.3, 0.4) is 0 Å². The number of hydrogen-bond donors (Lipinski definition) is 1. The Morgan fingerprint density at radius 2 is 1.21 bits per heavy atom. The molecular weight excluding hydrogens is 432 g/mol. The summed E-state index contributed by atoms with van der Waals surface area (Å²) in [6.07, 6.45) is 2.79. The smallest absolute Gasteiger partial charge is 0.183 e. The summed E-state index contributed by atoms with van der Waals surface area (Å²) in [5, 5.41) is 46.9. The molecule has 0 amide bonds.